The van der Waals surface area contributed by atoms with Crippen LogP contribution < -0.4 is 10.6 Å². The van der Waals surface area contributed by atoms with Gasteiger partial charge in [0.25, 0.3) is 0 Å². The standard InChI is InChI=1S/C27H52N2O10/c1-3-19(31)23(34)18(17-38-27-26(37)25(36)24(35)20(16-30)39-27)29-22(33)14-12-10-8-6-5-7-9-11-13-15-28-21(32)4-2/h18-20,23-27,30-31,34-37H,3-17H2,1-2H3,(H,28,32)(H,29,33)/t18-,19+,20?,23-,24-,25-,26?,27-/m0/s1. The Morgan fingerprint density at radius 1 is 0.846 bits per heavy atom. The molecule has 2 unspecified atom stereocenters. The summed E-state index contributed by atoms with van der Waals surface area (Å²) in [5, 5.41) is 65.5. The smallest absolute Gasteiger partial charge is 0.220 e. The quantitative estimate of drug-likeness (QED) is 0.0867. The molecule has 0 aromatic carbocycles. The molecule has 0 radical (unpaired) electrons. The topological polar surface area (TPSA) is 198 Å². The van der Waals surface area contributed by atoms with E-state index in [4.69, 9.17) is 9.47 Å². The van der Waals surface area contributed by atoms with Crippen LogP contribution in [0.3, 0.4) is 0 Å². The van der Waals surface area contributed by atoms with Crippen molar-refractivity contribution in [1.82, 2.24) is 10.6 Å². The zero-order valence-electron chi connectivity index (χ0n) is 23.5. The lowest BCUT2D eigenvalue weighted by atomic mass is 9.99. The Bertz CT molecular complexity index is 668. The second kappa shape index (κ2) is 20.5. The van der Waals surface area contributed by atoms with Crippen molar-refractivity contribution in [3.63, 3.8) is 0 Å². The first-order chi connectivity index (χ1) is 18.7. The molecule has 8 N–H and O–H groups in total. The fraction of sp³-hybridized carbons (Fsp3) is 0.926. The maximum absolute atomic E-state index is 12.5. The average molecular weight is 565 g/mol. The molecule has 0 spiro atoms. The molecule has 1 heterocycles. The van der Waals surface area contributed by atoms with Gasteiger partial charge >= 0.3 is 0 Å². The van der Waals surface area contributed by atoms with Crippen molar-refractivity contribution in [2.45, 2.75) is 140 Å². The summed E-state index contributed by atoms with van der Waals surface area (Å²) in [4.78, 5) is 23.7. The van der Waals surface area contributed by atoms with E-state index in [1.165, 1.54) is 0 Å². The van der Waals surface area contributed by atoms with Gasteiger partial charge in [0.1, 0.15) is 30.5 Å². The Balaban J connectivity index is 2.33. The lowest BCUT2D eigenvalue weighted by molar-refractivity contribution is -0.303. The van der Waals surface area contributed by atoms with E-state index < -0.39 is 55.6 Å². The summed E-state index contributed by atoms with van der Waals surface area (Å²) in [6.45, 7) is 3.32. The number of rotatable bonds is 21. The number of carbonyl (C=O) groups is 2. The number of nitrogens with one attached hydrogen (secondary N) is 2. The maximum Gasteiger partial charge on any atom is 0.220 e. The molecule has 8 atom stereocenters. The molecule has 0 aliphatic carbocycles. The SMILES string of the molecule is CCC(=O)NCCCCCCCCCCCC(=O)N[C@@H](CO[C@H]1OC(CO)[C@H](O)[C@H](O)C1O)[C@H](O)[C@H](O)CC. The van der Waals surface area contributed by atoms with Crippen LogP contribution >= 0.6 is 0 Å². The first kappa shape index (κ1) is 35.6. The maximum atomic E-state index is 12.5. The third kappa shape index (κ3) is 13.7. The molecule has 0 aromatic rings. The van der Waals surface area contributed by atoms with Crippen molar-refractivity contribution in [3.05, 3.63) is 0 Å². The highest BCUT2D eigenvalue weighted by molar-refractivity contribution is 5.76. The van der Waals surface area contributed by atoms with Crippen LogP contribution in [0.15, 0.2) is 0 Å². The van der Waals surface area contributed by atoms with E-state index in [0.29, 0.717) is 12.8 Å². The Morgan fingerprint density at radius 2 is 1.44 bits per heavy atom. The van der Waals surface area contributed by atoms with Crippen molar-refractivity contribution in [1.29, 1.82) is 0 Å². The van der Waals surface area contributed by atoms with E-state index in [1.54, 1.807) is 6.92 Å². The van der Waals surface area contributed by atoms with Gasteiger partial charge in [-0.05, 0) is 19.3 Å². The number of ether oxygens (including phenoxy) is 2. The monoisotopic (exact) mass is 564 g/mol. The Morgan fingerprint density at radius 3 is 2.00 bits per heavy atom. The summed E-state index contributed by atoms with van der Waals surface area (Å²) < 4.78 is 10.8. The summed E-state index contributed by atoms with van der Waals surface area (Å²) >= 11 is 0. The van der Waals surface area contributed by atoms with Crippen LogP contribution in [0.4, 0.5) is 0 Å². The zero-order valence-corrected chi connectivity index (χ0v) is 23.5. The highest BCUT2D eigenvalue weighted by Gasteiger charge is 2.44. The third-order valence-corrected chi connectivity index (χ3v) is 7.08. The molecule has 1 saturated heterocycles. The van der Waals surface area contributed by atoms with Crippen molar-refractivity contribution < 1.29 is 49.7 Å². The van der Waals surface area contributed by atoms with Crippen LogP contribution in [0.5, 0.6) is 0 Å². The van der Waals surface area contributed by atoms with Crippen LogP contribution in [0.2, 0.25) is 0 Å². The van der Waals surface area contributed by atoms with Crippen molar-refractivity contribution in [2.24, 2.45) is 0 Å². The van der Waals surface area contributed by atoms with Crippen LogP contribution in [0, 0.1) is 0 Å². The number of carbonyl (C=O) groups excluding carboxylic acids is 2. The molecule has 39 heavy (non-hydrogen) atoms. The number of hydrogen-bond donors (Lipinski definition) is 8. The molecular weight excluding hydrogens is 512 g/mol. The summed E-state index contributed by atoms with van der Waals surface area (Å²) in [6.07, 6.45) is 0.429. The van der Waals surface area contributed by atoms with Crippen LogP contribution in [0.25, 0.3) is 0 Å². The minimum Gasteiger partial charge on any atom is -0.394 e. The molecule has 1 aliphatic rings. The molecule has 0 aromatic heterocycles. The first-order valence-electron chi connectivity index (χ1n) is 14.5. The fourth-order valence-electron chi connectivity index (χ4n) is 4.42. The van der Waals surface area contributed by atoms with Gasteiger partial charge in [0, 0.05) is 19.4 Å². The lowest BCUT2D eigenvalue weighted by Crippen LogP contribution is -2.60. The van der Waals surface area contributed by atoms with E-state index in [-0.39, 0.29) is 31.3 Å². The highest BCUT2D eigenvalue weighted by atomic mass is 16.7. The predicted molar refractivity (Wildman–Crippen MR) is 143 cm³/mol. The van der Waals surface area contributed by atoms with Crippen LogP contribution in [-0.4, -0.2) is 111 Å². The molecule has 2 amide bonds. The van der Waals surface area contributed by atoms with Gasteiger partial charge in [-0.25, -0.2) is 0 Å². The highest BCUT2D eigenvalue weighted by Crippen LogP contribution is 2.22. The van der Waals surface area contributed by atoms with Crippen molar-refractivity contribution >= 4 is 11.8 Å². The van der Waals surface area contributed by atoms with E-state index in [2.05, 4.69) is 10.6 Å². The number of unbranched alkanes of at least 4 members (excludes halogenated alkanes) is 8. The summed E-state index contributed by atoms with van der Waals surface area (Å²) in [5.41, 5.74) is 0. The number of amides is 2. The third-order valence-electron chi connectivity index (χ3n) is 7.08. The first-order valence-corrected chi connectivity index (χ1v) is 14.5. The Labute approximate surface area is 232 Å². The summed E-state index contributed by atoms with van der Waals surface area (Å²) in [5.74, 6) is -0.217. The molecule has 12 nitrogen and oxygen atoms in total. The molecule has 1 rings (SSSR count). The van der Waals surface area contributed by atoms with Crippen molar-refractivity contribution in [2.75, 3.05) is 19.8 Å². The second-order valence-electron chi connectivity index (χ2n) is 10.3. The number of hydrogen-bond acceptors (Lipinski definition) is 10. The van der Waals surface area contributed by atoms with Gasteiger partial charge in [-0.2, -0.15) is 0 Å². The van der Waals surface area contributed by atoms with E-state index in [1.807, 2.05) is 6.92 Å². The molecule has 1 fully saturated rings. The van der Waals surface area contributed by atoms with Gasteiger partial charge in [0.05, 0.1) is 25.4 Å². The molecule has 0 bridgehead atoms. The van der Waals surface area contributed by atoms with Gasteiger partial charge in [-0.1, -0.05) is 58.8 Å². The number of aliphatic hydroxyl groups is 6. The molecular formula is C27H52N2O10. The van der Waals surface area contributed by atoms with Gasteiger partial charge in [-0.3, -0.25) is 9.59 Å². The second-order valence-corrected chi connectivity index (χ2v) is 10.3. The van der Waals surface area contributed by atoms with E-state index >= 15 is 0 Å². The fourth-order valence-corrected chi connectivity index (χ4v) is 4.42. The Kier molecular flexibility index (Phi) is 18.7. The molecule has 0 saturated carbocycles. The van der Waals surface area contributed by atoms with E-state index in [0.717, 1.165) is 57.9 Å². The molecule has 1 aliphatic heterocycles. The minimum atomic E-state index is -1.61. The van der Waals surface area contributed by atoms with Gasteiger partial charge < -0.3 is 50.7 Å². The molecule has 230 valence electrons. The summed E-state index contributed by atoms with van der Waals surface area (Å²) in [6, 6.07) is -1.00. The van der Waals surface area contributed by atoms with Gasteiger partial charge in [0.2, 0.25) is 11.8 Å². The van der Waals surface area contributed by atoms with Gasteiger partial charge in [-0.15, -0.1) is 0 Å². The van der Waals surface area contributed by atoms with Crippen molar-refractivity contribution in [3.8, 4) is 0 Å². The van der Waals surface area contributed by atoms with Crippen LogP contribution in [0.1, 0.15) is 90.9 Å². The lowest BCUT2D eigenvalue weighted by Gasteiger charge is -2.40. The summed E-state index contributed by atoms with van der Waals surface area (Å²) in [7, 11) is 0. The van der Waals surface area contributed by atoms with E-state index in [9.17, 15) is 40.2 Å². The average Bonchev–Trinajstić information content (AvgIpc) is 2.94. The van der Waals surface area contributed by atoms with Crippen LogP contribution in [-0.2, 0) is 19.1 Å². The normalized spacial score (nSPS) is 25.6. The minimum absolute atomic E-state index is 0.0929. The number of aliphatic hydroxyl groups excluding tert-OH is 6. The van der Waals surface area contributed by atoms with Gasteiger partial charge in [0.15, 0.2) is 6.29 Å². The molecule has 12 heteroatoms. The zero-order chi connectivity index (χ0) is 29.2. The Hall–Kier alpha value is -1.38. The largest absolute Gasteiger partial charge is 0.394 e. The predicted octanol–water partition coefficient (Wildman–Crippen LogP) is -0.153.